The van der Waals surface area contributed by atoms with Gasteiger partial charge in [-0.1, -0.05) is 12.0 Å². The highest BCUT2D eigenvalue weighted by Gasteiger charge is 2.05. The second-order valence-electron chi connectivity index (χ2n) is 5.29. The molecule has 0 unspecified atom stereocenters. The average Bonchev–Trinajstić information content (AvgIpc) is 2.58. The summed E-state index contributed by atoms with van der Waals surface area (Å²) in [6, 6.07) is 7.17. The summed E-state index contributed by atoms with van der Waals surface area (Å²) in [5, 5.41) is 5.55. The molecular weight excluding hydrogens is 280 g/mol. The van der Waals surface area contributed by atoms with Crippen LogP contribution in [0.1, 0.15) is 32.1 Å². The lowest BCUT2D eigenvalue weighted by atomic mass is 9.96. The van der Waals surface area contributed by atoms with E-state index in [-0.39, 0.29) is 6.03 Å². The molecule has 1 aromatic carbocycles. The van der Waals surface area contributed by atoms with Crippen molar-refractivity contribution in [3.05, 3.63) is 36.0 Å². The molecular formula is C17H24N2O3. The molecule has 2 amide bonds. The number of hydrogen-bond acceptors (Lipinski definition) is 3. The Hall–Kier alpha value is -2.17. The molecule has 22 heavy (non-hydrogen) atoms. The molecule has 120 valence electrons. The number of rotatable bonds is 6. The van der Waals surface area contributed by atoms with E-state index in [1.54, 1.807) is 7.11 Å². The predicted molar refractivity (Wildman–Crippen MR) is 86.2 cm³/mol. The second-order valence-corrected chi connectivity index (χ2v) is 5.29. The zero-order chi connectivity index (χ0) is 15.6. The first-order valence-electron chi connectivity index (χ1n) is 7.77. The smallest absolute Gasteiger partial charge is 0.318 e. The quantitative estimate of drug-likeness (QED) is 0.793. The van der Waals surface area contributed by atoms with Crippen LogP contribution in [0.25, 0.3) is 0 Å². The minimum absolute atomic E-state index is 0.184. The Bertz CT molecular complexity index is 489. The highest BCUT2D eigenvalue weighted by Crippen LogP contribution is 2.21. The standard InChI is InChI=1S/C17H24N2O3/c1-21-15-7-9-16(10-8-15)22-12-11-18-17(20)19-13-14-5-3-2-4-6-14/h7-10,13H,2-6,11-12H2,1H3,(H2,18,19,20). The van der Waals surface area contributed by atoms with Crippen LogP contribution in [0.4, 0.5) is 4.79 Å². The third-order valence-corrected chi connectivity index (χ3v) is 3.62. The minimum atomic E-state index is -0.184. The maximum Gasteiger partial charge on any atom is 0.318 e. The SMILES string of the molecule is COc1ccc(OCCNC(=O)NC=C2CCCCC2)cc1. The first kappa shape index (κ1) is 16.2. The van der Waals surface area contributed by atoms with Gasteiger partial charge < -0.3 is 20.1 Å². The Kier molecular flexibility index (Phi) is 6.61. The van der Waals surface area contributed by atoms with Crippen LogP contribution < -0.4 is 20.1 Å². The van der Waals surface area contributed by atoms with E-state index in [2.05, 4.69) is 10.6 Å². The molecule has 1 fully saturated rings. The number of ether oxygens (including phenoxy) is 2. The van der Waals surface area contributed by atoms with Gasteiger partial charge in [0, 0.05) is 6.20 Å². The zero-order valence-electron chi connectivity index (χ0n) is 13.1. The fourth-order valence-electron chi connectivity index (χ4n) is 2.37. The van der Waals surface area contributed by atoms with Gasteiger partial charge in [0.1, 0.15) is 18.1 Å². The molecule has 5 nitrogen and oxygen atoms in total. The van der Waals surface area contributed by atoms with E-state index in [4.69, 9.17) is 9.47 Å². The number of urea groups is 1. The Morgan fingerprint density at radius 2 is 1.82 bits per heavy atom. The summed E-state index contributed by atoms with van der Waals surface area (Å²) in [7, 11) is 1.63. The largest absolute Gasteiger partial charge is 0.497 e. The van der Waals surface area contributed by atoms with Crippen molar-refractivity contribution in [2.45, 2.75) is 32.1 Å². The van der Waals surface area contributed by atoms with E-state index in [0.717, 1.165) is 24.3 Å². The Morgan fingerprint density at radius 1 is 1.14 bits per heavy atom. The fourth-order valence-corrected chi connectivity index (χ4v) is 2.37. The van der Waals surface area contributed by atoms with Crippen LogP contribution in [0, 0.1) is 0 Å². The Labute approximate surface area is 131 Å². The molecule has 0 radical (unpaired) electrons. The van der Waals surface area contributed by atoms with Crippen molar-refractivity contribution in [2.75, 3.05) is 20.3 Å². The Morgan fingerprint density at radius 3 is 2.50 bits per heavy atom. The van der Waals surface area contributed by atoms with Gasteiger partial charge in [0.25, 0.3) is 0 Å². The number of carbonyl (C=O) groups is 1. The summed E-state index contributed by atoms with van der Waals surface area (Å²) in [4.78, 5) is 11.6. The van der Waals surface area contributed by atoms with E-state index in [9.17, 15) is 4.79 Å². The summed E-state index contributed by atoms with van der Waals surface area (Å²) in [6.45, 7) is 0.886. The van der Waals surface area contributed by atoms with E-state index in [1.165, 1.54) is 24.8 Å². The van der Waals surface area contributed by atoms with Crippen LogP contribution in [-0.4, -0.2) is 26.3 Å². The molecule has 0 aromatic heterocycles. The van der Waals surface area contributed by atoms with Crippen LogP contribution in [-0.2, 0) is 0 Å². The monoisotopic (exact) mass is 304 g/mol. The maximum atomic E-state index is 11.6. The number of carbonyl (C=O) groups excluding carboxylic acids is 1. The van der Waals surface area contributed by atoms with E-state index < -0.39 is 0 Å². The van der Waals surface area contributed by atoms with Crippen LogP contribution in [0.5, 0.6) is 11.5 Å². The van der Waals surface area contributed by atoms with Gasteiger partial charge >= 0.3 is 6.03 Å². The molecule has 2 rings (SSSR count). The normalized spacial score (nSPS) is 14.1. The predicted octanol–water partition coefficient (Wildman–Crippen LogP) is 3.22. The molecule has 1 aliphatic rings. The molecule has 5 heteroatoms. The van der Waals surface area contributed by atoms with Gasteiger partial charge in [-0.3, -0.25) is 0 Å². The summed E-state index contributed by atoms with van der Waals surface area (Å²) >= 11 is 0. The second kappa shape index (κ2) is 8.97. The van der Waals surface area contributed by atoms with Crippen LogP contribution >= 0.6 is 0 Å². The van der Waals surface area contributed by atoms with Crippen molar-refractivity contribution in [3.63, 3.8) is 0 Å². The lowest BCUT2D eigenvalue weighted by Gasteiger charge is -2.13. The molecule has 0 atom stereocenters. The molecule has 0 heterocycles. The minimum Gasteiger partial charge on any atom is -0.497 e. The Balaban J connectivity index is 1.60. The van der Waals surface area contributed by atoms with Crippen molar-refractivity contribution in [1.82, 2.24) is 10.6 Å². The highest BCUT2D eigenvalue weighted by atomic mass is 16.5. The summed E-state index contributed by atoms with van der Waals surface area (Å²) in [5.74, 6) is 1.55. The third kappa shape index (κ3) is 5.68. The van der Waals surface area contributed by atoms with E-state index in [0.29, 0.717) is 13.2 Å². The van der Waals surface area contributed by atoms with Gasteiger partial charge in [0.15, 0.2) is 0 Å². The number of methoxy groups -OCH3 is 1. The summed E-state index contributed by atoms with van der Waals surface area (Å²) < 4.78 is 10.6. The molecule has 1 saturated carbocycles. The van der Waals surface area contributed by atoms with Crippen LogP contribution in [0.2, 0.25) is 0 Å². The van der Waals surface area contributed by atoms with Crippen molar-refractivity contribution < 1.29 is 14.3 Å². The first-order chi connectivity index (χ1) is 10.8. The van der Waals surface area contributed by atoms with E-state index in [1.807, 2.05) is 30.5 Å². The maximum absolute atomic E-state index is 11.6. The van der Waals surface area contributed by atoms with Crippen LogP contribution in [0.15, 0.2) is 36.0 Å². The number of nitrogens with one attached hydrogen (secondary N) is 2. The van der Waals surface area contributed by atoms with Gasteiger partial charge in [0.2, 0.25) is 0 Å². The third-order valence-electron chi connectivity index (χ3n) is 3.62. The zero-order valence-corrected chi connectivity index (χ0v) is 13.1. The van der Waals surface area contributed by atoms with Crippen molar-refractivity contribution in [3.8, 4) is 11.5 Å². The molecule has 1 aromatic rings. The fraction of sp³-hybridized carbons (Fsp3) is 0.471. The molecule has 0 spiro atoms. The molecule has 1 aliphatic carbocycles. The number of benzene rings is 1. The molecule has 2 N–H and O–H groups in total. The van der Waals surface area contributed by atoms with Gasteiger partial charge in [0.05, 0.1) is 13.7 Å². The molecule has 0 saturated heterocycles. The van der Waals surface area contributed by atoms with Gasteiger partial charge in [-0.15, -0.1) is 0 Å². The average molecular weight is 304 g/mol. The van der Waals surface area contributed by atoms with Gasteiger partial charge in [-0.05, 0) is 49.9 Å². The molecule has 0 bridgehead atoms. The van der Waals surface area contributed by atoms with Crippen LogP contribution in [0.3, 0.4) is 0 Å². The lowest BCUT2D eigenvalue weighted by molar-refractivity contribution is 0.239. The number of allylic oxidation sites excluding steroid dienone is 1. The summed E-state index contributed by atoms with van der Waals surface area (Å²) in [5.41, 5.74) is 1.33. The van der Waals surface area contributed by atoms with Crippen molar-refractivity contribution in [1.29, 1.82) is 0 Å². The molecule has 0 aliphatic heterocycles. The topological polar surface area (TPSA) is 59.6 Å². The number of hydrogen-bond donors (Lipinski definition) is 2. The van der Waals surface area contributed by atoms with Crippen molar-refractivity contribution >= 4 is 6.03 Å². The first-order valence-corrected chi connectivity index (χ1v) is 7.77. The highest BCUT2D eigenvalue weighted by molar-refractivity contribution is 5.74. The van der Waals surface area contributed by atoms with Crippen molar-refractivity contribution in [2.24, 2.45) is 0 Å². The summed E-state index contributed by atoms with van der Waals surface area (Å²) in [6.07, 6.45) is 7.79. The lowest BCUT2D eigenvalue weighted by Crippen LogP contribution is -2.35. The van der Waals surface area contributed by atoms with Gasteiger partial charge in [-0.25, -0.2) is 4.79 Å². The van der Waals surface area contributed by atoms with E-state index >= 15 is 0 Å². The number of amides is 2. The van der Waals surface area contributed by atoms with Gasteiger partial charge in [-0.2, -0.15) is 0 Å².